The number of piperazine rings is 1. The van der Waals surface area contributed by atoms with E-state index in [0.29, 0.717) is 12.1 Å². The van der Waals surface area contributed by atoms with Crippen LogP contribution in [0.4, 0.5) is 8.78 Å². The van der Waals surface area contributed by atoms with E-state index in [0.717, 1.165) is 32.2 Å². The zero-order chi connectivity index (χ0) is 15.4. The van der Waals surface area contributed by atoms with Gasteiger partial charge in [0.15, 0.2) is 5.84 Å². The van der Waals surface area contributed by atoms with Crippen molar-refractivity contribution in [1.82, 2.24) is 9.80 Å². The molecule has 7 heteroatoms. The van der Waals surface area contributed by atoms with Gasteiger partial charge in [0, 0.05) is 38.8 Å². The highest BCUT2D eigenvalue weighted by atomic mass is 19.1. The van der Waals surface area contributed by atoms with Gasteiger partial charge < -0.3 is 10.9 Å². The Labute approximate surface area is 122 Å². The van der Waals surface area contributed by atoms with Crippen molar-refractivity contribution in [2.45, 2.75) is 19.5 Å². The summed E-state index contributed by atoms with van der Waals surface area (Å²) < 4.78 is 26.3. The average molecular weight is 298 g/mol. The van der Waals surface area contributed by atoms with Gasteiger partial charge in [-0.15, -0.1) is 0 Å². The Morgan fingerprint density at radius 3 is 2.33 bits per heavy atom. The minimum Gasteiger partial charge on any atom is -0.409 e. The lowest BCUT2D eigenvalue weighted by Gasteiger charge is -2.37. The zero-order valence-electron chi connectivity index (χ0n) is 12.0. The highest BCUT2D eigenvalue weighted by Crippen LogP contribution is 2.13. The molecule has 1 saturated heterocycles. The van der Waals surface area contributed by atoms with E-state index in [1.54, 1.807) is 0 Å². The van der Waals surface area contributed by atoms with Gasteiger partial charge in [-0.2, -0.15) is 0 Å². The molecule has 21 heavy (non-hydrogen) atoms. The molecule has 0 aliphatic carbocycles. The zero-order valence-corrected chi connectivity index (χ0v) is 12.0. The number of nitrogens with two attached hydrogens (primary N) is 1. The van der Waals surface area contributed by atoms with Crippen molar-refractivity contribution in [3.63, 3.8) is 0 Å². The molecule has 1 aromatic carbocycles. The van der Waals surface area contributed by atoms with Crippen LogP contribution in [-0.4, -0.2) is 53.1 Å². The molecule has 0 aromatic heterocycles. The van der Waals surface area contributed by atoms with Crippen LogP contribution in [0.5, 0.6) is 0 Å². The van der Waals surface area contributed by atoms with Crippen molar-refractivity contribution in [3.8, 4) is 0 Å². The third-order valence-electron chi connectivity index (χ3n) is 3.83. The lowest BCUT2D eigenvalue weighted by Crippen LogP contribution is -2.52. The predicted molar refractivity (Wildman–Crippen MR) is 76.1 cm³/mol. The van der Waals surface area contributed by atoms with E-state index in [9.17, 15) is 8.78 Å². The summed E-state index contributed by atoms with van der Waals surface area (Å²) in [7, 11) is 0. The number of benzene rings is 1. The van der Waals surface area contributed by atoms with E-state index < -0.39 is 11.6 Å². The van der Waals surface area contributed by atoms with Crippen molar-refractivity contribution >= 4 is 5.84 Å². The molecule has 1 aliphatic heterocycles. The molecule has 1 fully saturated rings. The Balaban J connectivity index is 1.89. The van der Waals surface area contributed by atoms with E-state index in [2.05, 4.69) is 15.0 Å². The maximum absolute atomic E-state index is 13.2. The first kappa shape index (κ1) is 15.7. The Morgan fingerprint density at radius 2 is 1.81 bits per heavy atom. The van der Waals surface area contributed by atoms with Crippen molar-refractivity contribution < 1.29 is 14.0 Å². The fourth-order valence-corrected chi connectivity index (χ4v) is 2.54. The van der Waals surface area contributed by atoms with Gasteiger partial charge >= 0.3 is 0 Å². The molecule has 3 N–H and O–H groups in total. The Hall–Kier alpha value is -1.73. The fourth-order valence-electron chi connectivity index (χ4n) is 2.54. The smallest absolute Gasteiger partial charge is 0.156 e. The van der Waals surface area contributed by atoms with Crippen LogP contribution in [0.3, 0.4) is 0 Å². The molecule has 0 bridgehead atoms. The van der Waals surface area contributed by atoms with Gasteiger partial charge in [-0.05, 0) is 24.6 Å². The van der Waals surface area contributed by atoms with Crippen molar-refractivity contribution in [1.29, 1.82) is 0 Å². The second-order valence-corrected chi connectivity index (χ2v) is 5.29. The van der Waals surface area contributed by atoms with E-state index >= 15 is 0 Å². The van der Waals surface area contributed by atoms with Crippen molar-refractivity contribution in [2.24, 2.45) is 10.9 Å². The van der Waals surface area contributed by atoms with Crippen LogP contribution < -0.4 is 5.73 Å². The number of amidine groups is 1. The van der Waals surface area contributed by atoms with E-state index in [1.807, 2.05) is 6.92 Å². The standard InChI is InChI=1S/C14H20F2N4O/c1-10(14(17)18-21)20-4-2-19(3-5-20)9-11-6-12(15)8-13(16)7-11/h6-8,10,21H,2-5,9H2,1H3,(H2,17,18). The molecule has 1 atom stereocenters. The van der Waals surface area contributed by atoms with Crippen molar-refractivity contribution in [3.05, 3.63) is 35.4 Å². The molecule has 1 unspecified atom stereocenters. The molecule has 1 heterocycles. The maximum Gasteiger partial charge on any atom is 0.156 e. The molecule has 1 aliphatic rings. The number of halogens is 2. The number of oxime groups is 1. The topological polar surface area (TPSA) is 65.1 Å². The van der Waals surface area contributed by atoms with Gasteiger partial charge in [0.25, 0.3) is 0 Å². The number of rotatable bonds is 4. The molecule has 2 rings (SSSR count). The summed E-state index contributed by atoms with van der Waals surface area (Å²) in [6, 6.07) is 3.46. The third-order valence-corrected chi connectivity index (χ3v) is 3.83. The molecular weight excluding hydrogens is 278 g/mol. The molecule has 0 amide bonds. The van der Waals surface area contributed by atoms with Gasteiger partial charge in [0.05, 0.1) is 6.04 Å². The summed E-state index contributed by atoms with van der Waals surface area (Å²) in [4.78, 5) is 4.24. The molecule has 0 spiro atoms. The highest BCUT2D eigenvalue weighted by Gasteiger charge is 2.23. The van der Waals surface area contributed by atoms with E-state index in [1.165, 1.54) is 12.1 Å². The third kappa shape index (κ3) is 4.12. The summed E-state index contributed by atoms with van der Waals surface area (Å²) in [5, 5.41) is 11.7. The van der Waals surface area contributed by atoms with Gasteiger partial charge in [0.1, 0.15) is 11.6 Å². The molecule has 1 aromatic rings. The summed E-state index contributed by atoms with van der Waals surface area (Å²) in [6.07, 6.45) is 0. The minimum absolute atomic E-state index is 0.122. The average Bonchev–Trinajstić information content (AvgIpc) is 2.45. The lowest BCUT2D eigenvalue weighted by molar-refractivity contribution is 0.116. The van der Waals surface area contributed by atoms with Crippen molar-refractivity contribution in [2.75, 3.05) is 26.2 Å². The normalized spacial score (nSPS) is 19.7. The minimum atomic E-state index is -0.552. The highest BCUT2D eigenvalue weighted by molar-refractivity contribution is 5.84. The Morgan fingerprint density at radius 1 is 1.24 bits per heavy atom. The van der Waals surface area contributed by atoms with Crippen LogP contribution in [0.2, 0.25) is 0 Å². The number of nitrogens with zero attached hydrogens (tertiary/aromatic N) is 3. The second kappa shape index (κ2) is 6.82. The molecule has 0 radical (unpaired) electrons. The van der Waals surface area contributed by atoms with Gasteiger partial charge in [-0.1, -0.05) is 5.16 Å². The van der Waals surface area contributed by atoms with Crippen LogP contribution in [0.1, 0.15) is 12.5 Å². The first-order valence-electron chi connectivity index (χ1n) is 6.88. The molecule has 116 valence electrons. The van der Waals surface area contributed by atoms with Gasteiger partial charge in [-0.25, -0.2) is 8.78 Å². The maximum atomic E-state index is 13.2. The first-order chi connectivity index (χ1) is 9.99. The number of hydrogen-bond donors (Lipinski definition) is 2. The SMILES string of the molecule is CC(/C(N)=N/O)N1CCN(Cc2cc(F)cc(F)c2)CC1. The summed E-state index contributed by atoms with van der Waals surface area (Å²) >= 11 is 0. The quantitative estimate of drug-likeness (QED) is 0.380. The van der Waals surface area contributed by atoms with E-state index in [-0.39, 0.29) is 11.9 Å². The lowest BCUT2D eigenvalue weighted by atomic mass is 10.1. The fraction of sp³-hybridized carbons (Fsp3) is 0.500. The van der Waals surface area contributed by atoms with Crippen LogP contribution in [0, 0.1) is 11.6 Å². The number of hydrogen-bond acceptors (Lipinski definition) is 4. The summed E-state index contributed by atoms with van der Waals surface area (Å²) in [5.41, 5.74) is 6.23. The summed E-state index contributed by atoms with van der Waals surface area (Å²) in [5.74, 6) is -0.913. The molecular formula is C14H20F2N4O. The van der Waals surface area contributed by atoms with Crippen LogP contribution in [0.25, 0.3) is 0 Å². The monoisotopic (exact) mass is 298 g/mol. The van der Waals surface area contributed by atoms with Gasteiger partial charge in [0.2, 0.25) is 0 Å². The van der Waals surface area contributed by atoms with Gasteiger partial charge in [-0.3, -0.25) is 9.80 Å². The van der Waals surface area contributed by atoms with Crippen LogP contribution in [-0.2, 0) is 6.54 Å². The van der Waals surface area contributed by atoms with Crippen LogP contribution >= 0.6 is 0 Å². The molecule has 0 saturated carbocycles. The van der Waals surface area contributed by atoms with Crippen LogP contribution in [0.15, 0.2) is 23.4 Å². The predicted octanol–water partition coefficient (Wildman–Crippen LogP) is 1.22. The second-order valence-electron chi connectivity index (χ2n) is 5.29. The first-order valence-corrected chi connectivity index (χ1v) is 6.88. The Bertz CT molecular complexity index is 495. The molecule has 5 nitrogen and oxygen atoms in total. The Kier molecular flexibility index (Phi) is 5.08. The largest absolute Gasteiger partial charge is 0.409 e. The summed E-state index contributed by atoms with van der Waals surface area (Å²) in [6.45, 7) is 5.44. The van der Waals surface area contributed by atoms with E-state index in [4.69, 9.17) is 10.9 Å².